The van der Waals surface area contributed by atoms with Gasteiger partial charge in [-0.1, -0.05) is 42.5 Å². The Morgan fingerprint density at radius 2 is 1.76 bits per heavy atom. The van der Waals surface area contributed by atoms with Crippen molar-refractivity contribution in [1.29, 1.82) is 0 Å². The van der Waals surface area contributed by atoms with E-state index in [-0.39, 0.29) is 11.9 Å². The molecule has 0 bridgehead atoms. The van der Waals surface area contributed by atoms with Gasteiger partial charge in [-0.05, 0) is 40.2 Å². The molecule has 1 unspecified atom stereocenters. The van der Waals surface area contributed by atoms with E-state index in [1.54, 1.807) is 6.07 Å². The summed E-state index contributed by atoms with van der Waals surface area (Å²) in [6.07, 6.45) is 0. The van der Waals surface area contributed by atoms with Gasteiger partial charge in [0.05, 0.1) is 10.5 Å². The minimum atomic E-state index is -0.237. The third-order valence-electron chi connectivity index (χ3n) is 2.71. The maximum atomic E-state index is 13.5. The van der Waals surface area contributed by atoms with Crippen LogP contribution in [0.5, 0.6) is 0 Å². The smallest absolute Gasteiger partial charge is 0.137 e. The lowest BCUT2D eigenvalue weighted by molar-refractivity contribution is 0.608. The van der Waals surface area contributed by atoms with Crippen molar-refractivity contribution in [1.82, 2.24) is 5.32 Å². The highest BCUT2D eigenvalue weighted by Gasteiger charge is 2.16. The highest BCUT2D eigenvalue weighted by atomic mass is 79.9. The SMILES string of the molecule is CNC(c1ccccc1)c1cccc(F)c1Br. The fraction of sp³-hybridized carbons (Fsp3) is 0.143. The third-order valence-corrected chi connectivity index (χ3v) is 3.55. The van der Waals surface area contributed by atoms with Gasteiger partial charge >= 0.3 is 0 Å². The van der Waals surface area contributed by atoms with Crippen molar-refractivity contribution in [3.8, 4) is 0 Å². The largest absolute Gasteiger partial charge is 0.309 e. The molecule has 1 N–H and O–H groups in total. The number of nitrogens with one attached hydrogen (secondary N) is 1. The summed E-state index contributed by atoms with van der Waals surface area (Å²) in [6, 6.07) is 15.1. The summed E-state index contributed by atoms with van der Waals surface area (Å²) in [5, 5.41) is 3.21. The Morgan fingerprint density at radius 3 is 2.41 bits per heavy atom. The van der Waals surface area contributed by atoms with Gasteiger partial charge in [0, 0.05) is 0 Å². The number of benzene rings is 2. The molecule has 0 heterocycles. The summed E-state index contributed by atoms with van der Waals surface area (Å²) >= 11 is 3.30. The van der Waals surface area contributed by atoms with E-state index in [9.17, 15) is 4.39 Å². The first-order chi connectivity index (χ1) is 8.24. The van der Waals surface area contributed by atoms with Crippen molar-refractivity contribution >= 4 is 15.9 Å². The van der Waals surface area contributed by atoms with E-state index in [0.29, 0.717) is 4.47 Å². The van der Waals surface area contributed by atoms with Crippen molar-refractivity contribution in [3.63, 3.8) is 0 Å². The Bertz CT molecular complexity index is 499. The third kappa shape index (κ3) is 2.56. The van der Waals surface area contributed by atoms with Crippen LogP contribution in [0.15, 0.2) is 53.0 Å². The Kier molecular flexibility index (Phi) is 3.92. The van der Waals surface area contributed by atoms with E-state index in [1.807, 2.05) is 43.4 Å². The quantitative estimate of drug-likeness (QED) is 0.905. The molecule has 2 rings (SSSR count). The maximum Gasteiger partial charge on any atom is 0.137 e. The van der Waals surface area contributed by atoms with Gasteiger partial charge < -0.3 is 5.32 Å². The Balaban J connectivity index is 2.46. The zero-order valence-corrected chi connectivity index (χ0v) is 11.0. The summed E-state index contributed by atoms with van der Waals surface area (Å²) in [7, 11) is 1.87. The van der Waals surface area contributed by atoms with Gasteiger partial charge in [-0.2, -0.15) is 0 Å². The molecule has 0 radical (unpaired) electrons. The summed E-state index contributed by atoms with van der Waals surface area (Å²) in [5.41, 5.74) is 2.01. The molecule has 1 nitrogen and oxygen atoms in total. The molecule has 0 aliphatic carbocycles. The normalized spacial score (nSPS) is 12.4. The number of rotatable bonds is 3. The van der Waals surface area contributed by atoms with Crippen LogP contribution in [-0.2, 0) is 0 Å². The van der Waals surface area contributed by atoms with Crippen LogP contribution >= 0.6 is 15.9 Å². The van der Waals surface area contributed by atoms with Crippen LogP contribution in [0.3, 0.4) is 0 Å². The summed E-state index contributed by atoms with van der Waals surface area (Å²) in [4.78, 5) is 0. The van der Waals surface area contributed by atoms with Crippen molar-refractivity contribution in [2.75, 3.05) is 7.05 Å². The first kappa shape index (κ1) is 12.3. The standard InChI is InChI=1S/C14H13BrFN/c1-17-14(10-6-3-2-4-7-10)11-8-5-9-12(16)13(11)15/h2-9,14,17H,1H3. The highest BCUT2D eigenvalue weighted by molar-refractivity contribution is 9.10. The van der Waals surface area contributed by atoms with Crippen molar-refractivity contribution in [3.05, 3.63) is 69.9 Å². The molecular formula is C14H13BrFN. The van der Waals surface area contributed by atoms with Crippen molar-refractivity contribution < 1.29 is 4.39 Å². The fourth-order valence-corrected chi connectivity index (χ4v) is 2.38. The van der Waals surface area contributed by atoms with Gasteiger partial charge in [-0.3, -0.25) is 0 Å². The van der Waals surface area contributed by atoms with Gasteiger partial charge in [0.25, 0.3) is 0 Å². The average molecular weight is 294 g/mol. The molecule has 0 aromatic heterocycles. The Labute approximate surface area is 109 Å². The summed E-state index contributed by atoms with van der Waals surface area (Å²) < 4.78 is 14.0. The molecular weight excluding hydrogens is 281 g/mol. The van der Waals surface area contributed by atoms with Gasteiger partial charge in [-0.25, -0.2) is 4.39 Å². The zero-order valence-electron chi connectivity index (χ0n) is 9.45. The van der Waals surface area contributed by atoms with E-state index in [0.717, 1.165) is 11.1 Å². The van der Waals surface area contributed by atoms with E-state index in [1.165, 1.54) is 6.07 Å². The van der Waals surface area contributed by atoms with E-state index >= 15 is 0 Å². The zero-order chi connectivity index (χ0) is 12.3. The van der Waals surface area contributed by atoms with Crippen molar-refractivity contribution in [2.45, 2.75) is 6.04 Å². The number of halogens is 2. The monoisotopic (exact) mass is 293 g/mol. The molecule has 2 aromatic rings. The minimum Gasteiger partial charge on any atom is -0.309 e. The minimum absolute atomic E-state index is 0.0127. The number of hydrogen-bond donors (Lipinski definition) is 1. The molecule has 3 heteroatoms. The van der Waals surface area contributed by atoms with Gasteiger partial charge in [0.1, 0.15) is 5.82 Å². The second kappa shape index (κ2) is 5.43. The topological polar surface area (TPSA) is 12.0 Å². The lowest BCUT2D eigenvalue weighted by atomic mass is 9.99. The van der Waals surface area contributed by atoms with Gasteiger partial charge in [0.2, 0.25) is 0 Å². The molecule has 0 amide bonds. The van der Waals surface area contributed by atoms with Crippen LogP contribution in [0.2, 0.25) is 0 Å². The lowest BCUT2D eigenvalue weighted by Gasteiger charge is -2.18. The van der Waals surface area contributed by atoms with Crippen LogP contribution < -0.4 is 5.32 Å². The van der Waals surface area contributed by atoms with Crippen molar-refractivity contribution in [2.24, 2.45) is 0 Å². The van der Waals surface area contributed by atoms with Crippen LogP contribution in [0.4, 0.5) is 4.39 Å². The van der Waals surface area contributed by atoms with E-state index in [4.69, 9.17) is 0 Å². The molecule has 0 spiro atoms. The van der Waals surface area contributed by atoms with Crippen LogP contribution in [0.1, 0.15) is 17.2 Å². The maximum absolute atomic E-state index is 13.5. The first-order valence-electron chi connectivity index (χ1n) is 5.40. The average Bonchev–Trinajstić information content (AvgIpc) is 2.37. The van der Waals surface area contributed by atoms with Crippen LogP contribution in [-0.4, -0.2) is 7.05 Å². The molecule has 0 saturated heterocycles. The fourth-order valence-electron chi connectivity index (χ4n) is 1.89. The second-order valence-corrected chi connectivity index (χ2v) is 4.57. The summed E-state index contributed by atoms with van der Waals surface area (Å²) in [6.45, 7) is 0. The molecule has 0 aliphatic rings. The Morgan fingerprint density at radius 1 is 1.06 bits per heavy atom. The number of hydrogen-bond acceptors (Lipinski definition) is 1. The second-order valence-electron chi connectivity index (χ2n) is 3.78. The van der Waals surface area contributed by atoms with E-state index < -0.39 is 0 Å². The van der Waals surface area contributed by atoms with Gasteiger partial charge in [0.15, 0.2) is 0 Å². The molecule has 0 saturated carbocycles. The van der Waals surface area contributed by atoms with Crippen LogP contribution in [0.25, 0.3) is 0 Å². The molecule has 2 aromatic carbocycles. The lowest BCUT2D eigenvalue weighted by Crippen LogP contribution is -2.18. The predicted molar refractivity (Wildman–Crippen MR) is 71.4 cm³/mol. The summed E-state index contributed by atoms with van der Waals surface area (Å²) in [5.74, 6) is -0.237. The molecule has 0 aliphatic heterocycles. The Hall–Kier alpha value is -1.19. The molecule has 0 fully saturated rings. The molecule has 1 atom stereocenters. The van der Waals surface area contributed by atoms with Gasteiger partial charge in [-0.15, -0.1) is 0 Å². The first-order valence-corrected chi connectivity index (χ1v) is 6.19. The van der Waals surface area contributed by atoms with E-state index in [2.05, 4.69) is 21.2 Å². The molecule has 17 heavy (non-hydrogen) atoms. The van der Waals surface area contributed by atoms with Crippen LogP contribution in [0, 0.1) is 5.82 Å². The highest BCUT2D eigenvalue weighted by Crippen LogP contribution is 2.29. The predicted octanol–water partition coefficient (Wildman–Crippen LogP) is 3.90. The molecule has 88 valence electrons.